The molecule has 6 heteroatoms. The van der Waals surface area contributed by atoms with Crippen molar-refractivity contribution < 1.29 is 8.83 Å². The van der Waals surface area contributed by atoms with E-state index in [0.717, 1.165) is 5.76 Å². The molecule has 0 bridgehead atoms. The molecule has 2 heterocycles. The van der Waals surface area contributed by atoms with E-state index >= 15 is 0 Å². The number of nitrogens with one attached hydrogen (secondary N) is 1. The van der Waals surface area contributed by atoms with Gasteiger partial charge in [-0.1, -0.05) is 13.8 Å². The highest BCUT2D eigenvalue weighted by Crippen LogP contribution is 2.21. The lowest BCUT2D eigenvalue weighted by atomic mass is 10.2. The van der Waals surface area contributed by atoms with Gasteiger partial charge in [0.15, 0.2) is 0 Å². The van der Waals surface area contributed by atoms with Gasteiger partial charge < -0.3 is 8.83 Å². The summed E-state index contributed by atoms with van der Waals surface area (Å²) in [6.07, 6.45) is 1.51. The third-order valence-electron chi connectivity index (χ3n) is 2.36. The number of nitrogens with zero attached hydrogens (tertiary/aromatic N) is 3. The molecule has 98 valence electrons. The summed E-state index contributed by atoms with van der Waals surface area (Å²) in [5.41, 5.74) is 2.85. The predicted molar refractivity (Wildman–Crippen MR) is 70.0 cm³/mol. The van der Waals surface area contributed by atoms with Crippen LogP contribution in [0.25, 0.3) is 0 Å². The van der Waals surface area contributed by atoms with Crippen LogP contribution in [0.15, 0.2) is 26.1 Å². The molecule has 0 radical (unpaired) electrons. The van der Waals surface area contributed by atoms with E-state index in [1.54, 1.807) is 6.07 Å². The van der Waals surface area contributed by atoms with Gasteiger partial charge in [0.25, 0.3) is 5.88 Å². The number of hydrazone groups is 1. The molecule has 0 atom stereocenters. The molecule has 2 aromatic rings. The molecule has 2 aromatic heterocycles. The summed E-state index contributed by atoms with van der Waals surface area (Å²) in [5.74, 6) is 2.28. The number of rotatable bonds is 4. The minimum Gasteiger partial charge on any atom is -0.460 e. The average molecular weight is 258 g/mol. The first-order valence-electron chi connectivity index (χ1n) is 5.86. The van der Waals surface area contributed by atoms with Gasteiger partial charge in [-0.25, -0.2) is 10.4 Å². The van der Waals surface area contributed by atoms with E-state index in [2.05, 4.69) is 15.5 Å². The molecule has 6 nitrogen and oxygen atoms in total. The lowest BCUT2D eigenvalue weighted by Crippen LogP contribution is -1.90. The summed E-state index contributed by atoms with van der Waals surface area (Å²) in [6.45, 7) is 5.72. The van der Waals surface area contributed by atoms with Crippen molar-refractivity contribution in [3.8, 4) is 6.07 Å². The van der Waals surface area contributed by atoms with E-state index in [9.17, 15) is 0 Å². The summed E-state index contributed by atoms with van der Waals surface area (Å²) in [7, 11) is 0. The highest BCUT2D eigenvalue weighted by molar-refractivity contribution is 5.76. The fourth-order valence-electron chi connectivity index (χ4n) is 1.41. The molecule has 19 heavy (non-hydrogen) atoms. The molecule has 0 saturated heterocycles. The second-order valence-corrected chi connectivity index (χ2v) is 4.31. The lowest BCUT2D eigenvalue weighted by molar-refractivity contribution is 0.481. The van der Waals surface area contributed by atoms with Gasteiger partial charge >= 0.3 is 0 Å². The van der Waals surface area contributed by atoms with E-state index in [4.69, 9.17) is 14.1 Å². The zero-order valence-corrected chi connectivity index (χ0v) is 11.0. The topological polar surface area (TPSA) is 87.4 Å². The first-order valence-corrected chi connectivity index (χ1v) is 5.86. The van der Waals surface area contributed by atoms with Crippen LogP contribution in [0, 0.1) is 18.3 Å². The Labute approximate surface area is 110 Å². The highest BCUT2D eigenvalue weighted by atomic mass is 16.4. The van der Waals surface area contributed by atoms with Crippen molar-refractivity contribution in [2.24, 2.45) is 5.10 Å². The molecule has 0 aliphatic rings. The van der Waals surface area contributed by atoms with Gasteiger partial charge in [-0.2, -0.15) is 10.4 Å². The Morgan fingerprint density at radius 3 is 2.79 bits per heavy atom. The van der Waals surface area contributed by atoms with Gasteiger partial charge in [0.2, 0.25) is 11.6 Å². The SMILES string of the molecule is Cc1ccc(/C=N/Nc2oc(C(C)C)nc2C#N)o1. The Morgan fingerprint density at radius 2 is 2.21 bits per heavy atom. The standard InChI is InChI=1S/C13H14N4O2/c1-8(2)12-16-11(6-14)13(19-12)17-15-7-10-5-4-9(3)18-10/h4-5,7-8,17H,1-3H3/b15-7+. The molecule has 0 unspecified atom stereocenters. The van der Waals surface area contributed by atoms with Crippen molar-refractivity contribution >= 4 is 12.1 Å². The predicted octanol–water partition coefficient (Wildman–Crippen LogP) is 3.02. The normalized spacial score (nSPS) is 11.1. The van der Waals surface area contributed by atoms with Crippen molar-refractivity contribution in [3.63, 3.8) is 0 Å². The fraction of sp³-hybridized carbons (Fsp3) is 0.308. The number of anilines is 1. The first-order chi connectivity index (χ1) is 9.10. The fourth-order valence-corrected chi connectivity index (χ4v) is 1.41. The maximum atomic E-state index is 8.95. The highest BCUT2D eigenvalue weighted by Gasteiger charge is 2.14. The smallest absolute Gasteiger partial charge is 0.252 e. The van der Waals surface area contributed by atoms with Crippen LogP contribution >= 0.6 is 0 Å². The summed E-state index contributed by atoms with van der Waals surface area (Å²) in [6, 6.07) is 5.60. The second kappa shape index (κ2) is 5.40. The second-order valence-electron chi connectivity index (χ2n) is 4.31. The molecule has 0 spiro atoms. The minimum absolute atomic E-state index is 0.111. The van der Waals surface area contributed by atoms with Gasteiger partial charge in [0.1, 0.15) is 17.6 Å². The van der Waals surface area contributed by atoms with Gasteiger partial charge in [0, 0.05) is 5.92 Å². The quantitative estimate of drug-likeness (QED) is 0.672. The van der Waals surface area contributed by atoms with Crippen LogP contribution in [0.1, 0.15) is 42.9 Å². The van der Waals surface area contributed by atoms with E-state index in [0.29, 0.717) is 11.7 Å². The van der Waals surface area contributed by atoms with E-state index in [1.165, 1.54) is 6.21 Å². The van der Waals surface area contributed by atoms with Crippen LogP contribution in [0.3, 0.4) is 0 Å². The maximum absolute atomic E-state index is 8.95. The summed E-state index contributed by atoms with van der Waals surface area (Å²) in [5, 5.41) is 12.9. The molecule has 0 aliphatic heterocycles. The molecular weight excluding hydrogens is 244 g/mol. The number of aromatic nitrogens is 1. The number of oxazole rings is 1. The molecule has 0 fully saturated rings. The average Bonchev–Trinajstić information content (AvgIpc) is 2.96. The monoisotopic (exact) mass is 258 g/mol. The van der Waals surface area contributed by atoms with Crippen LogP contribution in [-0.2, 0) is 0 Å². The summed E-state index contributed by atoms with van der Waals surface area (Å²) in [4.78, 5) is 4.07. The summed E-state index contributed by atoms with van der Waals surface area (Å²) < 4.78 is 10.7. The van der Waals surface area contributed by atoms with Gasteiger partial charge in [-0.3, -0.25) is 0 Å². The van der Waals surface area contributed by atoms with Crippen LogP contribution in [0.4, 0.5) is 5.88 Å². The molecule has 0 amide bonds. The molecule has 0 aliphatic carbocycles. The Kier molecular flexibility index (Phi) is 3.66. The van der Waals surface area contributed by atoms with Crippen LogP contribution in [0.5, 0.6) is 0 Å². The number of nitriles is 1. The molecule has 0 aromatic carbocycles. The van der Waals surface area contributed by atoms with E-state index in [1.807, 2.05) is 32.9 Å². The van der Waals surface area contributed by atoms with Gasteiger partial charge in [-0.05, 0) is 19.1 Å². The van der Waals surface area contributed by atoms with E-state index < -0.39 is 0 Å². The van der Waals surface area contributed by atoms with Crippen molar-refractivity contribution in [2.45, 2.75) is 26.7 Å². The Balaban J connectivity index is 2.11. The Bertz CT molecular complexity index is 631. The zero-order valence-electron chi connectivity index (χ0n) is 11.0. The van der Waals surface area contributed by atoms with Crippen LogP contribution in [0.2, 0.25) is 0 Å². The minimum atomic E-state index is 0.111. The van der Waals surface area contributed by atoms with Gasteiger partial charge in [0.05, 0.1) is 6.21 Å². The summed E-state index contributed by atoms with van der Waals surface area (Å²) >= 11 is 0. The Hall–Kier alpha value is -2.55. The lowest BCUT2D eigenvalue weighted by Gasteiger charge is -1.96. The maximum Gasteiger partial charge on any atom is 0.252 e. The van der Waals surface area contributed by atoms with Crippen LogP contribution in [-0.4, -0.2) is 11.2 Å². The van der Waals surface area contributed by atoms with E-state index in [-0.39, 0.29) is 17.5 Å². The van der Waals surface area contributed by atoms with Crippen molar-refractivity contribution in [1.82, 2.24) is 4.98 Å². The third-order valence-corrected chi connectivity index (χ3v) is 2.36. The largest absolute Gasteiger partial charge is 0.460 e. The zero-order chi connectivity index (χ0) is 13.8. The first kappa shape index (κ1) is 12.9. The molecule has 1 N–H and O–H groups in total. The Morgan fingerprint density at radius 1 is 1.42 bits per heavy atom. The molecule has 2 rings (SSSR count). The van der Waals surface area contributed by atoms with Gasteiger partial charge in [-0.15, -0.1) is 0 Å². The molecular formula is C13H14N4O2. The number of aryl methyl sites for hydroxylation is 1. The molecule has 0 saturated carbocycles. The number of furan rings is 1. The van der Waals surface area contributed by atoms with Crippen molar-refractivity contribution in [2.75, 3.05) is 5.43 Å². The van der Waals surface area contributed by atoms with Crippen molar-refractivity contribution in [1.29, 1.82) is 5.26 Å². The number of hydrogen-bond acceptors (Lipinski definition) is 6. The number of hydrogen-bond donors (Lipinski definition) is 1. The third kappa shape index (κ3) is 3.01. The van der Waals surface area contributed by atoms with Crippen molar-refractivity contribution in [3.05, 3.63) is 35.2 Å². The van der Waals surface area contributed by atoms with Crippen LogP contribution < -0.4 is 5.43 Å².